The van der Waals surface area contributed by atoms with Crippen LogP contribution in [0, 0.1) is 5.82 Å². The Morgan fingerprint density at radius 3 is 2.00 bits per heavy atom. The number of hydrogen-bond donors (Lipinski definition) is 1. The van der Waals surface area contributed by atoms with Crippen molar-refractivity contribution in [3.8, 4) is 5.75 Å². The molecule has 0 aliphatic carbocycles. The third-order valence-electron chi connectivity index (χ3n) is 3.56. The van der Waals surface area contributed by atoms with Crippen molar-refractivity contribution in [2.45, 2.75) is 5.51 Å². The van der Waals surface area contributed by atoms with E-state index in [4.69, 9.17) is 4.84 Å². The number of rotatable bonds is 6. The maximum atomic E-state index is 13.2. The lowest BCUT2D eigenvalue weighted by atomic mass is 10.0. The molecular formula is C17H15F4N3O5S. The molecule has 8 nitrogen and oxygen atoms in total. The second kappa shape index (κ2) is 9.09. The van der Waals surface area contributed by atoms with Gasteiger partial charge in [-0.2, -0.15) is 26.7 Å². The van der Waals surface area contributed by atoms with Gasteiger partial charge in [0.05, 0.1) is 12.8 Å². The summed E-state index contributed by atoms with van der Waals surface area (Å²) < 4.78 is 76.7. The first-order valence-corrected chi connectivity index (χ1v) is 9.38. The third-order valence-corrected chi connectivity index (χ3v) is 4.54. The molecule has 0 saturated carbocycles. The van der Waals surface area contributed by atoms with Gasteiger partial charge in [0.2, 0.25) is 0 Å². The summed E-state index contributed by atoms with van der Waals surface area (Å²) in [5, 5.41) is 4.78. The molecule has 0 aromatic heterocycles. The first-order valence-electron chi connectivity index (χ1n) is 7.97. The van der Waals surface area contributed by atoms with Crippen molar-refractivity contribution in [3.63, 3.8) is 0 Å². The normalized spacial score (nSPS) is 12.4. The number of carbonyl (C=O) groups excluding carboxylic acids is 1. The molecule has 30 heavy (non-hydrogen) atoms. The summed E-state index contributed by atoms with van der Waals surface area (Å²) in [6.07, 6.45) is 0. The monoisotopic (exact) mass is 449 g/mol. The molecule has 2 rings (SSSR count). The molecule has 2 aromatic carbocycles. The van der Waals surface area contributed by atoms with Crippen molar-refractivity contribution in [1.29, 1.82) is 0 Å². The van der Waals surface area contributed by atoms with Gasteiger partial charge in [-0.3, -0.25) is 4.84 Å². The van der Waals surface area contributed by atoms with Crippen LogP contribution in [0.1, 0.15) is 11.1 Å². The fourth-order valence-corrected chi connectivity index (χ4v) is 2.46. The number of nitrogens with zero attached hydrogens (tertiary/aromatic N) is 2. The van der Waals surface area contributed by atoms with Crippen molar-refractivity contribution >= 4 is 21.9 Å². The van der Waals surface area contributed by atoms with E-state index in [2.05, 4.69) is 14.7 Å². The Balaban J connectivity index is 2.37. The highest BCUT2D eigenvalue weighted by atomic mass is 32.2. The van der Waals surface area contributed by atoms with Crippen LogP contribution >= 0.6 is 0 Å². The summed E-state index contributed by atoms with van der Waals surface area (Å²) in [6.45, 7) is 0. The van der Waals surface area contributed by atoms with Gasteiger partial charge in [0, 0.05) is 18.2 Å². The van der Waals surface area contributed by atoms with Gasteiger partial charge in [-0.25, -0.2) is 19.7 Å². The minimum Gasteiger partial charge on any atom is -0.376 e. The first-order chi connectivity index (χ1) is 13.9. The maximum absolute atomic E-state index is 13.2. The molecule has 0 aliphatic rings. The summed E-state index contributed by atoms with van der Waals surface area (Å²) in [6, 6.07) is 8.64. The van der Waals surface area contributed by atoms with Crippen molar-refractivity contribution < 1.29 is 39.8 Å². The molecule has 2 aromatic rings. The van der Waals surface area contributed by atoms with E-state index in [1.165, 1.54) is 38.4 Å². The fourth-order valence-electron chi connectivity index (χ4n) is 2.00. The van der Waals surface area contributed by atoms with Crippen LogP contribution in [0.15, 0.2) is 53.6 Å². The van der Waals surface area contributed by atoms with Crippen LogP contribution in [0.25, 0.3) is 0 Å². The molecule has 0 atom stereocenters. The van der Waals surface area contributed by atoms with Gasteiger partial charge in [0.25, 0.3) is 0 Å². The highest BCUT2D eigenvalue weighted by Crippen LogP contribution is 2.27. The highest BCUT2D eigenvalue weighted by Gasteiger charge is 2.48. The van der Waals surface area contributed by atoms with Crippen LogP contribution in [-0.2, 0) is 15.0 Å². The molecular weight excluding hydrogens is 434 g/mol. The average molecular weight is 449 g/mol. The molecule has 0 bridgehead atoms. The van der Waals surface area contributed by atoms with E-state index in [1.807, 2.05) is 0 Å². The number of hydrazone groups is 1. The minimum absolute atomic E-state index is 0.109. The molecule has 162 valence electrons. The van der Waals surface area contributed by atoms with Crippen LogP contribution in [-0.4, -0.2) is 44.9 Å². The van der Waals surface area contributed by atoms with Gasteiger partial charge in [0.1, 0.15) is 11.6 Å². The van der Waals surface area contributed by atoms with Crippen molar-refractivity contribution in [1.82, 2.24) is 10.5 Å². The molecule has 0 heterocycles. The number of alkyl halides is 3. The van der Waals surface area contributed by atoms with Gasteiger partial charge in [-0.05, 0) is 48.5 Å². The molecule has 13 heteroatoms. The van der Waals surface area contributed by atoms with Gasteiger partial charge in [0.15, 0.2) is 0 Å². The first kappa shape index (κ1) is 23.1. The summed E-state index contributed by atoms with van der Waals surface area (Å²) >= 11 is 0. The predicted octanol–water partition coefficient (Wildman–Crippen LogP) is 3.01. The lowest BCUT2D eigenvalue weighted by molar-refractivity contribution is -0.0646. The number of benzene rings is 2. The zero-order chi connectivity index (χ0) is 22.5. The van der Waals surface area contributed by atoms with Crippen molar-refractivity contribution in [2.24, 2.45) is 5.10 Å². The molecule has 0 unspecified atom stereocenters. The number of hydrogen-bond acceptors (Lipinski definition) is 6. The molecule has 0 fully saturated rings. The van der Waals surface area contributed by atoms with Crippen LogP contribution in [0.5, 0.6) is 5.75 Å². The molecule has 0 spiro atoms. The number of amides is 2. The topological polar surface area (TPSA) is 97.3 Å². The lowest BCUT2D eigenvalue weighted by Crippen LogP contribution is -2.34. The SMILES string of the molecule is CON(C)C(=O)NN=C(c1ccc(F)cc1)c1ccc(OS(=O)(=O)C(F)(F)F)cc1. The standard InChI is InChI=1S/C17H15F4N3O5S/c1-24(28-2)16(25)23-22-15(11-3-7-13(18)8-4-11)12-5-9-14(10-6-12)29-30(26,27)17(19,20)21/h3-10H,1-2H3,(H,23,25). The van der Waals surface area contributed by atoms with Gasteiger partial charge in [-0.1, -0.05) is 0 Å². The Kier molecular flexibility index (Phi) is 7.00. The summed E-state index contributed by atoms with van der Waals surface area (Å²) in [5.74, 6) is -1.11. The van der Waals surface area contributed by atoms with E-state index in [0.717, 1.165) is 29.3 Å². The lowest BCUT2D eigenvalue weighted by Gasteiger charge is -2.14. The van der Waals surface area contributed by atoms with E-state index in [-0.39, 0.29) is 11.3 Å². The van der Waals surface area contributed by atoms with E-state index in [1.54, 1.807) is 0 Å². The minimum atomic E-state index is -5.82. The quantitative estimate of drug-likeness (QED) is 0.240. The highest BCUT2D eigenvalue weighted by molar-refractivity contribution is 7.88. The van der Waals surface area contributed by atoms with Crippen LogP contribution < -0.4 is 9.61 Å². The number of halogens is 4. The molecule has 1 N–H and O–H groups in total. The zero-order valence-corrected chi connectivity index (χ0v) is 16.3. The fraction of sp³-hybridized carbons (Fsp3) is 0.176. The Labute approximate surface area is 168 Å². The van der Waals surface area contributed by atoms with E-state index < -0.39 is 33.2 Å². The number of carbonyl (C=O) groups is 1. The third kappa shape index (κ3) is 5.67. The second-order valence-electron chi connectivity index (χ2n) is 5.57. The predicted molar refractivity (Wildman–Crippen MR) is 97.4 cm³/mol. The number of nitrogens with one attached hydrogen (secondary N) is 1. The van der Waals surface area contributed by atoms with Crippen LogP contribution in [0.4, 0.5) is 22.4 Å². The Hall–Kier alpha value is -3.19. The average Bonchev–Trinajstić information content (AvgIpc) is 2.68. The van der Waals surface area contributed by atoms with Gasteiger partial charge >= 0.3 is 21.7 Å². The largest absolute Gasteiger partial charge is 0.534 e. The maximum Gasteiger partial charge on any atom is 0.534 e. The molecule has 2 amide bonds. The summed E-state index contributed by atoms with van der Waals surface area (Å²) in [4.78, 5) is 16.5. The number of hydroxylamine groups is 2. The second-order valence-corrected chi connectivity index (χ2v) is 7.11. The Bertz CT molecular complexity index is 1020. The smallest absolute Gasteiger partial charge is 0.376 e. The summed E-state index contributed by atoms with van der Waals surface area (Å²) in [7, 11) is -3.26. The van der Waals surface area contributed by atoms with E-state index in [9.17, 15) is 30.8 Å². The number of urea groups is 1. The van der Waals surface area contributed by atoms with Crippen LogP contribution in [0.2, 0.25) is 0 Å². The molecule has 0 radical (unpaired) electrons. The van der Waals surface area contributed by atoms with Gasteiger partial charge in [-0.15, -0.1) is 0 Å². The van der Waals surface area contributed by atoms with E-state index in [0.29, 0.717) is 5.56 Å². The Morgan fingerprint density at radius 1 is 1.03 bits per heavy atom. The molecule has 0 aliphatic heterocycles. The van der Waals surface area contributed by atoms with Crippen molar-refractivity contribution in [2.75, 3.05) is 14.2 Å². The van der Waals surface area contributed by atoms with Gasteiger partial charge < -0.3 is 4.18 Å². The van der Waals surface area contributed by atoms with E-state index >= 15 is 0 Å². The Morgan fingerprint density at radius 2 is 1.53 bits per heavy atom. The van der Waals surface area contributed by atoms with Crippen molar-refractivity contribution in [3.05, 3.63) is 65.5 Å². The van der Waals surface area contributed by atoms with Crippen LogP contribution in [0.3, 0.4) is 0 Å². The molecule has 0 saturated heterocycles. The summed E-state index contributed by atoms with van der Waals surface area (Å²) in [5.41, 5.74) is -2.65. The zero-order valence-electron chi connectivity index (χ0n) is 15.5.